The summed E-state index contributed by atoms with van der Waals surface area (Å²) in [5.41, 5.74) is 1.59. The van der Waals surface area contributed by atoms with E-state index in [1.165, 1.54) is 19.4 Å². The molecule has 2 unspecified atom stereocenters. The molecule has 1 heterocycles. The summed E-state index contributed by atoms with van der Waals surface area (Å²) in [5.74, 6) is 0.454. The fourth-order valence-electron chi connectivity index (χ4n) is 2.71. The predicted octanol–water partition coefficient (Wildman–Crippen LogP) is 3.28. The molecule has 0 aromatic heterocycles. The second-order valence-corrected chi connectivity index (χ2v) is 5.58. The minimum absolute atomic E-state index is 0.147. The van der Waals surface area contributed by atoms with E-state index in [0.717, 1.165) is 12.1 Å². The zero-order valence-corrected chi connectivity index (χ0v) is 11.5. The van der Waals surface area contributed by atoms with Gasteiger partial charge in [0.15, 0.2) is 0 Å². The molecule has 18 heavy (non-hydrogen) atoms. The van der Waals surface area contributed by atoms with Crippen molar-refractivity contribution in [3.8, 4) is 0 Å². The summed E-state index contributed by atoms with van der Waals surface area (Å²) in [6.07, 6.45) is 2.47. The molecule has 3 heteroatoms. The van der Waals surface area contributed by atoms with Crippen LogP contribution in [-0.2, 0) is 0 Å². The Morgan fingerprint density at radius 1 is 1.44 bits per heavy atom. The van der Waals surface area contributed by atoms with Crippen LogP contribution in [-0.4, -0.2) is 31.1 Å². The van der Waals surface area contributed by atoms with E-state index in [4.69, 9.17) is 0 Å². The van der Waals surface area contributed by atoms with Crippen molar-refractivity contribution in [1.82, 2.24) is 4.90 Å². The van der Waals surface area contributed by atoms with E-state index in [1.54, 1.807) is 6.07 Å². The second-order valence-electron chi connectivity index (χ2n) is 5.58. The number of piperidine rings is 1. The number of anilines is 1. The standard InChI is InChI=1S/C15H23FN2/c1-11-6-7-15(14(16)9-11)17-12(2)13-5-4-8-18(3)10-13/h6-7,9,12-13,17H,4-5,8,10H2,1-3H3. The first-order valence-corrected chi connectivity index (χ1v) is 6.77. The third-order valence-electron chi connectivity index (χ3n) is 3.88. The highest BCUT2D eigenvalue weighted by molar-refractivity contribution is 5.47. The Labute approximate surface area is 109 Å². The predicted molar refractivity (Wildman–Crippen MR) is 74.4 cm³/mol. The number of hydrogen-bond donors (Lipinski definition) is 1. The Hall–Kier alpha value is -1.09. The maximum absolute atomic E-state index is 13.8. The van der Waals surface area contributed by atoms with Gasteiger partial charge in [-0.05, 0) is 63.9 Å². The summed E-state index contributed by atoms with van der Waals surface area (Å²) in [7, 11) is 2.16. The zero-order valence-electron chi connectivity index (χ0n) is 11.5. The van der Waals surface area contributed by atoms with Crippen LogP contribution >= 0.6 is 0 Å². The van der Waals surface area contributed by atoms with Crippen LogP contribution in [0, 0.1) is 18.7 Å². The molecule has 1 aliphatic rings. The van der Waals surface area contributed by atoms with Gasteiger partial charge in [-0.3, -0.25) is 0 Å². The van der Waals surface area contributed by atoms with Crippen molar-refractivity contribution in [1.29, 1.82) is 0 Å². The lowest BCUT2D eigenvalue weighted by atomic mass is 9.91. The van der Waals surface area contributed by atoms with E-state index >= 15 is 0 Å². The van der Waals surface area contributed by atoms with Gasteiger partial charge < -0.3 is 10.2 Å². The molecule has 1 N–H and O–H groups in total. The van der Waals surface area contributed by atoms with Gasteiger partial charge >= 0.3 is 0 Å². The van der Waals surface area contributed by atoms with E-state index in [0.29, 0.717) is 17.6 Å². The molecule has 1 aromatic carbocycles. The number of aryl methyl sites for hydroxylation is 1. The minimum atomic E-state index is -0.147. The number of nitrogens with one attached hydrogen (secondary N) is 1. The average Bonchev–Trinajstić information content (AvgIpc) is 2.32. The van der Waals surface area contributed by atoms with E-state index in [9.17, 15) is 4.39 Å². The second kappa shape index (κ2) is 5.70. The van der Waals surface area contributed by atoms with Crippen LogP contribution in [0.25, 0.3) is 0 Å². The molecule has 0 amide bonds. The van der Waals surface area contributed by atoms with Gasteiger partial charge in [0.25, 0.3) is 0 Å². The highest BCUT2D eigenvalue weighted by Gasteiger charge is 2.23. The third kappa shape index (κ3) is 3.22. The molecule has 2 atom stereocenters. The van der Waals surface area contributed by atoms with Gasteiger partial charge in [-0.25, -0.2) is 4.39 Å². The number of benzene rings is 1. The molecule has 1 aromatic rings. The monoisotopic (exact) mass is 250 g/mol. The maximum atomic E-state index is 13.8. The minimum Gasteiger partial charge on any atom is -0.380 e. The Kier molecular flexibility index (Phi) is 4.23. The molecule has 1 saturated heterocycles. The first-order chi connectivity index (χ1) is 8.56. The summed E-state index contributed by atoms with van der Waals surface area (Å²) in [4.78, 5) is 2.36. The molecule has 0 saturated carbocycles. The summed E-state index contributed by atoms with van der Waals surface area (Å²) in [6.45, 7) is 6.35. The third-order valence-corrected chi connectivity index (χ3v) is 3.88. The number of likely N-dealkylation sites (tertiary alicyclic amines) is 1. The quantitative estimate of drug-likeness (QED) is 0.885. The van der Waals surface area contributed by atoms with Crippen LogP contribution in [0.15, 0.2) is 18.2 Å². The highest BCUT2D eigenvalue weighted by Crippen LogP contribution is 2.23. The number of hydrogen-bond acceptors (Lipinski definition) is 2. The SMILES string of the molecule is Cc1ccc(NC(C)C2CCCN(C)C2)c(F)c1. The lowest BCUT2D eigenvalue weighted by Gasteiger charge is -2.34. The van der Waals surface area contributed by atoms with Crippen LogP contribution in [0.4, 0.5) is 10.1 Å². The molecule has 0 aliphatic carbocycles. The van der Waals surface area contributed by atoms with Gasteiger partial charge in [0.1, 0.15) is 5.82 Å². The van der Waals surface area contributed by atoms with Crippen molar-refractivity contribution < 1.29 is 4.39 Å². The van der Waals surface area contributed by atoms with E-state index < -0.39 is 0 Å². The van der Waals surface area contributed by atoms with Crippen LogP contribution < -0.4 is 5.32 Å². The molecule has 0 bridgehead atoms. The van der Waals surface area contributed by atoms with Gasteiger partial charge in [0, 0.05) is 12.6 Å². The molecule has 100 valence electrons. The topological polar surface area (TPSA) is 15.3 Å². The first-order valence-electron chi connectivity index (χ1n) is 6.77. The van der Waals surface area contributed by atoms with Crippen molar-refractivity contribution in [2.75, 3.05) is 25.5 Å². The number of halogens is 1. The normalized spacial score (nSPS) is 22.8. The van der Waals surface area contributed by atoms with E-state index in [1.807, 2.05) is 19.1 Å². The zero-order chi connectivity index (χ0) is 13.1. The fourth-order valence-corrected chi connectivity index (χ4v) is 2.71. The molecule has 2 rings (SSSR count). The molecular formula is C15H23FN2. The van der Waals surface area contributed by atoms with E-state index in [-0.39, 0.29) is 5.82 Å². The molecule has 1 aliphatic heterocycles. The summed E-state index contributed by atoms with van der Waals surface area (Å²) < 4.78 is 13.8. The highest BCUT2D eigenvalue weighted by atomic mass is 19.1. The molecule has 0 spiro atoms. The summed E-state index contributed by atoms with van der Waals surface area (Å²) in [5, 5.41) is 3.33. The van der Waals surface area contributed by atoms with Crippen LogP contribution in [0.1, 0.15) is 25.3 Å². The Morgan fingerprint density at radius 3 is 2.89 bits per heavy atom. The largest absolute Gasteiger partial charge is 0.380 e. The molecular weight excluding hydrogens is 227 g/mol. The van der Waals surface area contributed by atoms with Gasteiger partial charge in [-0.15, -0.1) is 0 Å². The van der Waals surface area contributed by atoms with Crippen LogP contribution in [0.2, 0.25) is 0 Å². The van der Waals surface area contributed by atoms with Crippen molar-refractivity contribution in [2.45, 2.75) is 32.7 Å². The molecule has 1 fully saturated rings. The maximum Gasteiger partial charge on any atom is 0.146 e. The first kappa shape index (κ1) is 13.3. The van der Waals surface area contributed by atoms with Crippen molar-refractivity contribution >= 4 is 5.69 Å². The Bertz CT molecular complexity index is 405. The summed E-state index contributed by atoms with van der Waals surface area (Å²) >= 11 is 0. The van der Waals surface area contributed by atoms with Gasteiger partial charge in [-0.2, -0.15) is 0 Å². The van der Waals surface area contributed by atoms with Crippen LogP contribution in [0.5, 0.6) is 0 Å². The molecule has 0 radical (unpaired) electrons. The van der Waals surface area contributed by atoms with Gasteiger partial charge in [0.2, 0.25) is 0 Å². The lowest BCUT2D eigenvalue weighted by molar-refractivity contribution is 0.197. The number of nitrogens with zero attached hydrogens (tertiary/aromatic N) is 1. The lowest BCUT2D eigenvalue weighted by Crippen LogP contribution is -2.40. The van der Waals surface area contributed by atoms with Crippen molar-refractivity contribution in [3.05, 3.63) is 29.6 Å². The van der Waals surface area contributed by atoms with Crippen molar-refractivity contribution in [2.24, 2.45) is 5.92 Å². The van der Waals surface area contributed by atoms with Gasteiger partial charge in [-0.1, -0.05) is 6.07 Å². The molecule has 2 nitrogen and oxygen atoms in total. The Balaban J connectivity index is 1.99. The summed E-state index contributed by atoms with van der Waals surface area (Å²) in [6, 6.07) is 5.69. The number of rotatable bonds is 3. The van der Waals surface area contributed by atoms with Crippen molar-refractivity contribution in [3.63, 3.8) is 0 Å². The fraction of sp³-hybridized carbons (Fsp3) is 0.600. The van der Waals surface area contributed by atoms with Gasteiger partial charge in [0.05, 0.1) is 5.69 Å². The average molecular weight is 250 g/mol. The van der Waals surface area contributed by atoms with E-state index in [2.05, 4.69) is 24.2 Å². The Morgan fingerprint density at radius 2 is 2.22 bits per heavy atom. The van der Waals surface area contributed by atoms with Crippen LogP contribution in [0.3, 0.4) is 0 Å². The smallest absolute Gasteiger partial charge is 0.146 e.